The number of rotatable bonds is 4. The van der Waals surface area contributed by atoms with E-state index in [-0.39, 0.29) is 31.1 Å². The molecular weight excluding hydrogens is 234 g/mol. The van der Waals surface area contributed by atoms with Gasteiger partial charge < -0.3 is 10.2 Å². The summed E-state index contributed by atoms with van der Waals surface area (Å²) in [5.41, 5.74) is 0.850. The van der Waals surface area contributed by atoms with Crippen LogP contribution in [0.3, 0.4) is 0 Å². The van der Waals surface area contributed by atoms with Crippen LogP contribution in [0.15, 0.2) is 30.3 Å². The Kier molecular flexibility index (Phi) is 3.74. The van der Waals surface area contributed by atoms with Crippen LogP contribution in [0, 0.1) is 0 Å². The van der Waals surface area contributed by atoms with Gasteiger partial charge in [0.15, 0.2) is 6.29 Å². The fraction of sp³-hybridized carbons (Fsp3) is 0.385. The summed E-state index contributed by atoms with van der Waals surface area (Å²) in [5, 5.41) is 18.8. The highest BCUT2D eigenvalue weighted by Crippen LogP contribution is 2.20. The smallest absolute Gasteiger partial charge is 0.230 e. The first-order valence-corrected chi connectivity index (χ1v) is 5.84. The van der Waals surface area contributed by atoms with Gasteiger partial charge in [-0.25, -0.2) is 0 Å². The number of carbonyl (C=O) groups excluding carboxylic acids is 2. The molecule has 5 nitrogen and oxygen atoms in total. The average Bonchev–Trinajstić information content (AvgIpc) is 2.67. The Bertz CT molecular complexity index is 428. The van der Waals surface area contributed by atoms with Gasteiger partial charge in [-0.2, -0.15) is 0 Å². The fourth-order valence-corrected chi connectivity index (χ4v) is 2.15. The second-order valence-corrected chi connectivity index (χ2v) is 4.33. The minimum atomic E-state index is -1.73. The van der Waals surface area contributed by atoms with Crippen molar-refractivity contribution in [3.63, 3.8) is 0 Å². The van der Waals surface area contributed by atoms with E-state index >= 15 is 0 Å². The lowest BCUT2D eigenvalue weighted by atomic mass is 10.0. The van der Waals surface area contributed by atoms with Gasteiger partial charge in [0.25, 0.3) is 0 Å². The van der Waals surface area contributed by atoms with E-state index < -0.39 is 12.3 Å². The summed E-state index contributed by atoms with van der Waals surface area (Å²) in [6.07, 6.45) is -1.18. The van der Waals surface area contributed by atoms with Crippen molar-refractivity contribution in [3.05, 3.63) is 35.9 Å². The molecule has 96 valence electrons. The molecule has 1 atom stereocenters. The molecule has 1 unspecified atom stereocenters. The molecule has 1 fully saturated rings. The number of carbonyl (C=O) groups is 2. The first-order valence-electron chi connectivity index (χ1n) is 5.84. The van der Waals surface area contributed by atoms with Crippen molar-refractivity contribution in [1.29, 1.82) is 0 Å². The Labute approximate surface area is 105 Å². The number of hydrogen-bond donors (Lipinski definition) is 2. The fourth-order valence-electron chi connectivity index (χ4n) is 2.15. The Balaban J connectivity index is 2.19. The maximum absolute atomic E-state index is 11.6. The molecular formula is C13H15NO4. The lowest BCUT2D eigenvalue weighted by molar-refractivity contribution is -0.154. The zero-order valence-corrected chi connectivity index (χ0v) is 9.82. The highest BCUT2D eigenvalue weighted by Gasteiger charge is 2.37. The highest BCUT2D eigenvalue weighted by molar-refractivity contribution is 6.02. The number of likely N-dealkylation sites (tertiary alicyclic amines) is 1. The molecule has 1 saturated heterocycles. The molecule has 0 bridgehead atoms. The van der Waals surface area contributed by atoms with Crippen molar-refractivity contribution in [1.82, 2.24) is 4.90 Å². The van der Waals surface area contributed by atoms with E-state index in [4.69, 9.17) is 0 Å². The molecule has 2 rings (SSSR count). The predicted molar refractivity (Wildman–Crippen MR) is 63.2 cm³/mol. The van der Waals surface area contributed by atoms with Crippen LogP contribution in [-0.4, -0.2) is 39.3 Å². The van der Waals surface area contributed by atoms with Crippen LogP contribution >= 0.6 is 0 Å². The summed E-state index contributed by atoms with van der Waals surface area (Å²) in [6.45, 7) is 0. The molecule has 2 N–H and O–H groups in total. The summed E-state index contributed by atoms with van der Waals surface area (Å²) >= 11 is 0. The van der Waals surface area contributed by atoms with Gasteiger partial charge in [-0.05, 0) is 12.0 Å². The van der Waals surface area contributed by atoms with E-state index in [2.05, 4.69) is 0 Å². The third kappa shape index (κ3) is 2.57. The van der Waals surface area contributed by atoms with Crippen molar-refractivity contribution >= 4 is 11.8 Å². The van der Waals surface area contributed by atoms with E-state index in [0.29, 0.717) is 0 Å². The predicted octanol–water partition coefficient (Wildman–Crippen LogP) is 0.0574. The van der Waals surface area contributed by atoms with Crippen LogP contribution in [0.4, 0.5) is 0 Å². The van der Waals surface area contributed by atoms with Crippen molar-refractivity contribution in [2.24, 2.45) is 0 Å². The number of amides is 2. The van der Waals surface area contributed by atoms with Crippen LogP contribution in [0.1, 0.15) is 18.4 Å². The van der Waals surface area contributed by atoms with Gasteiger partial charge in [0.1, 0.15) is 0 Å². The molecule has 0 aliphatic carbocycles. The normalized spacial score (nSPS) is 17.6. The van der Waals surface area contributed by atoms with Crippen molar-refractivity contribution < 1.29 is 19.8 Å². The van der Waals surface area contributed by atoms with Gasteiger partial charge in [0.2, 0.25) is 11.8 Å². The average molecular weight is 249 g/mol. The Morgan fingerprint density at radius 2 is 1.61 bits per heavy atom. The quantitative estimate of drug-likeness (QED) is 0.584. The molecule has 1 aromatic carbocycles. The second kappa shape index (κ2) is 5.29. The number of imide groups is 1. The molecule has 1 aliphatic rings. The molecule has 1 aliphatic heterocycles. The minimum Gasteiger partial charge on any atom is -0.366 e. The Hall–Kier alpha value is -1.72. The third-order valence-corrected chi connectivity index (χ3v) is 3.05. The van der Waals surface area contributed by atoms with Crippen molar-refractivity contribution in [2.45, 2.75) is 31.6 Å². The van der Waals surface area contributed by atoms with Crippen LogP contribution in [-0.2, 0) is 16.0 Å². The largest absolute Gasteiger partial charge is 0.366 e. The first-order chi connectivity index (χ1) is 8.59. The topological polar surface area (TPSA) is 77.8 Å². The van der Waals surface area contributed by atoms with Gasteiger partial charge in [0, 0.05) is 12.8 Å². The number of nitrogens with zero attached hydrogens (tertiary/aromatic N) is 1. The first kappa shape index (κ1) is 12.7. The van der Waals surface area contributed by atoms with E-state index in [0.717, 1.165) is 10.5 Å². The SMILES string of the molecule is O=C1CCC(=O)N1C(Cc1ccccc1)C(O)O. The Morgan fingerprint density at radius 1 is 1.06 bits per heavy atom. The second-order valence-electron chi connectivity index (χ2n) is 4.33. The number of benzene rings is 1. The maximum Gasteiger partial charge on any atom is 0.230 e. The summed E-state index contributed by atoms with van der Waals surface area (Å²) in [5.74, 6) is -0.678. The molecule has 2 amide bonds. The zero-order chi connectivity index (χ0) is 13.1. The van der Waals surface area contributed by atoms with Gasteiger partial charge in [-0.1, -0.05) is 30.3 Å². The van der Waals surface area contributed by atoms with Gasteiger partial charge in [-0.3, -0.25) is 14.5 Å². The van der Waals surface area contributed by atoms with Gasteiger partial charge >= 0.3 is 0 Å². The van der Waals surface area contributed by atoms with Crippen LogP contribution < -0.4 is 0 Å². The monoisotopic (exact) mass is 249 g/mol. The van der Waals surface area contributed by atoms with E-state index in [1.54, 1.807) is 0 Å². The standard InChI is InChI=1S/C13H15NO4/c15-11-6-7-12(16)14(11)10(13(17)18)8-9-4-2-1-3-5-9/h1-5,10,13,17-18H,6-8H2. The highest BCUT2D eigenvalue weighted by atomic mass is 16.5. The Morgan fingerprint density at radius 3 is 2.11 bits per heavy atom. The summed E-state index contributed by atoms with van der Waals surface area (Å²) < 4.78 is 0. The van der Waals surface area contributed by atoms with Crippen molar-refractivity contribution in [2.75, 3.05) is 0 Å². The molecule has 0 saturated carbocycles. The van der Waals surface area contributed by atoms with Crippen LogP contribution in [0.5, 0.6) is 0 Å². The molecule has 0 radical (unpaired) electrons. The number of aliphatic hydroxyl groups is 2. The molecule has 18 heavy (non-hydrogen) atoms. The number of hydrogen-bond acceptors (Lipinski definition) is 4. The summed E-state index contributed by atoms with van der Waals surface area (Å²) in [6, 6.07) is 8.23. The lowest BCUT2D eigenvalue weighted by Crippen LogP contribution is -2.47. The minimum absolute atomic E-state index is 0.150. The molecule has 1 aromatic rings. The number of aliphatic hydroxyl groups excluding tert-OH is 1. The summed E-state index contributed by atoms with van der Waals surface area (Å²) in [4.78, 5) is 24.2. The molecule has 0 aromatic heterocycles. The van der Waals surface area contributed by atoms with E-state index in [1.165, 1.54) is 0 Å². The molecule has 1 heterocycles. The molecule has 0 spiro atoms. The van der Waals surface area contributed by atoms with Crippen molar-refractivity contribution in [3.8, 4) is 0 Å². The van der Waals surface area contributed by atoms with Crippen LogP contribution in [0.25, 0.3) is 0 Å². The van der Waals surface area contributed by atoms with E-state index in [9.17, 15) is 19.8 Å². The van der Waals surface area contributed by atoms with E-state index in [1.807, 2.05) is 30.3 Å². The van der Waals surface area contributed by atoms with Gasteiger partial charge in [0.05, 0.1) is 6.04 Å². The third-order valence-electron chi connectivity index (χ3n) is 3.05. The van der Waals surface area contributed by atoms with Crippen LogP contribution in [0.2, 0.25) is 0 Å². The zero-order valence-electron chi connectivity index (χ0n) is 9.82. The van der Waals surface area contributed by atoms with Gasteiger partial charge in [-0.15, -0.1) is 0 Å². The molecule has 5 heteroatoms. The maximum atomic E-state index is 11.6. The lowest BCUT2D eigenvalue weighted by Gasteiger charge is -2.27. The summed E-state index contributed by atoms with van der Waals surface area (Å²) in [7, 11) is 0.